The van der Waals surface area contributed by atoms with Gasteiger partial charge in [-0.1, -0.05) is 30.7 Å². The van der Waals surface area contributed by atoms with Gasteiger partial charge in [0, 0.05) is 18.8 Å². The number of nitrogens with one attached hydrogen (secondary N) is 2. The third kappa shape index (κ3) is 5.16. The van der Waals surface area contributed by atoms with Gasteiger partial charge < -0.3 is 30.1 Å². The number of para-hydroxylation sites is 1. The Morgan fingerprint density at radius 2 is 1.83 bits per heavy atom. The van der Waals surface area contributed by atoms with Crippen molar-refractivity contribution in [1.29, 1.82) is 0 Å². The highest BCUT2D eigenvalue weighted by Gasteiger charge is 2.78. The first-order valence-electron chi connectivity index (χ1n) is 14.9. The molecule has 3 N–H and O–H groups in total. The summed E-state index contributed by atoms with van der Waals surface area (Å²) in [6, 6.07) is 11.6. The number of hydrogen-bond donors (Lipinski definition) is 3. The van der Waals surface area contributed by atoms with E-state index in [-0.39, 0.29) is 24.3 Å². The zero-order valence-electron chi connectivity index (χ0n) is 24.5. The Kier molecular flexibility index (Phi) is 8.83. The number of carbonyl (C=O) groups excluding carboxylic acids is 3. The molecule has 3 heterocycles. The Labute approximate surface area is 251 Å². The molecule has 3 aliphatic rings. The molecule has 0 aliphatic carbocycles. The highest BCUT2D eigenvalue weighted by molar-refractivity contribution is 6.34. The number of anilines is 2. The Balaban J connectivity index is 1.48. The summed E-state index contributed by atoms with van der Waals surface area (Å²) in [5.41, 5.74) is -0.0830. The topological polar surface area (TPSA) is 117 Å². The normalized spacial score (nSPS) is 27.7. The first kappa shape index (κ1) is 30.3. The van der Waals surface area contributed by atoms with Crippen molar-refractivity contribution in [2.75, 3.05) is 30.4 Å². The van der Waals surface area contributed by atoms with Crippen LogP contribution < -0.4 is 15.4 Å². The number of benzene rings is 2. The van der Waals surface area contributed by atoms with Crippen LogP contribution in [0.5, 0.6) is 5.75 Å². The molecule has 226 valence electrons. The number of aliphatic hydroxyl groups excluding tert-OH is 1. The van der Waals surface area contributed by atoms with E-state index in [0.29, 0.717) is 73.8 Å². The molecule has 0 aromatic heterocycles. The number of aliphatic hydroxyl groups is 1. The summed E-state index contributed by atoms with van der Waals surface area (Å²) in [6.45, 7) is 6.66. The maximum absolute atomic E-state index is 14.3. The molecule has 9 nitrogen and oxygen atoms in total. The molecule has 2 unspecified atom stereocenters. The van der Waals surface area contributed by atoms with Crippen LogP contribution in [0.3, 0.4) is 0 Å². The van der Waals surface area contributed by atoms with Crippen LogP contribution in [0.15, 0.2) is 42.5 Å². The molecule has 5 atom stereocenters. The van der Waals surface area contributed by atoms with Crippen molar-refractivity contribution >= 4 is 40.7 Å². The largest absolute Gasteiger partial charge is 0.494 e. The van der Waals surface area contributed by atoms with E-state index in [1.165, 1.54) is 0 Å². The molecule has 3 aliphatic heterocycles. The third-order valence-electron chi connectivity index (χ3n) is 9.17. The number of likely N-dealkylation sites (tertiary alicyclic amines) is 1. The summed E-state index contributed by atoms with van der Waals surface area (Å²) in [7, 11) is 0. The summed E-state index contributed by atoms with van der Waals surface area (Å²) in [5.74, 6) is -1.75. The van der Waals surface area contributed by atoms with E-state index in [0.717, 1.165) is 5.56 Å². The van der Waals surface area contributed by atoms with Crippen molar-refractivity contribution in [2.24, 2.45) is 11.8 Å². The number of unbranched alkanes of at least 4 members (excludes halogenated alkanes) is 2. The lowest BCUT2D eigenvalue weighted by atomic mass is 9.65. The van der Waals surface area contributed by atoms with Crippen LogP contribution in [0, 0.1) is 18.8 Å². The van der Waals surface area contributed by atoms with Gasteiger partial charge in [0.2, 0.25) is 17.7 Å². The zero-order valence-corrected chi connectivity index (χ0v) is 25.2. The van der Waals surface area contributed by atoms with Gasteiger partial charge in [-0.3, -0.25) is 14.4 Å². The number of aryl methyl sites for hydroxylation is 1. The van der Waals surface area contributed by atoms with Crippen LogP contribution in [0.2, 0.25) is 5.02 Å². The SMILES string of the molecule is CCOc1ccc(NC(=O)[C@H]2[C@H]3C(=O)N(CCCCCO)C(C(=O)Nc4c(C)cccc4Cl)C34CC[C@]2(CC)O4)cc1. The smallest absolute Gasteiger partial charge is 0.250 e. The second kappa shape index (κ2) is 12.2. The number of rotatable bonds is 12. The predicted octanol–water partition coefficient (Wildman–Crippen LogP) is 4.94. The van der Waals surface area contributed by atoms with E-state index < -0.39 is 29.1 Å². The number of carbonyl (C=O) groups is 3. The van der Waals surface area contributed by atoms with Crippen molar-refractivity contribution in [2.45, 2.75) is 76.5 Å². The lowest BCUT2D eigenvalue weighted by Gasteiger charge is -2.34. The molecular weight excluding hydrogens is 558 g/mol. The number of halogens is 1. The minimum atomic E-state index is -1.13. The summed E-state index contributed by atoms with van der Waals surface area (Å²) in [6.07, 6.45) is 3.53. The van der Waals surface area contributed by atoms with Gasteiger partial charge in [-0.05, 0) is 88.3 Å². The van der Waals surface area contributed by atoms with E-state index in [4.69, 9.17) is 21.1 Å². The highest BCUT2D eigenvalue weighted by Crippen LogP contribution is 2.64. The van der Waals surface area contributed by atoms with Gasteiger partial charge in [0.15, 0.2) is 0 Å². The summed E-state index contributed by atoms with van der Waals surface area (Å²) in [5, 5.41) is 15.7. The second-order valence-electron chi connectivity index (χ2n) is 11.5. The standard InChI is InChI=1S/C32H40ClN3O6/c1-4-31-16-17-32(42-31)25(24(31)28(38)34-21-12-14-22(15-13-21)41-5-2)30(40)36(18-7-6-8-19-37)27(32)29(39)35-26-20(3)10-9-11-23(26)33/h9-15,24-25,27,37H,4-8,16-19H2,1-3H3,(H,34,38)(H,35,39)/t24-,25+,27?,31+,32?/m1/s1. The first-order chi connectivity index (χ1) is 20.2. The van der Waals surface area contributed by atoms with Gasteiger partial charge in [0.05, 0.1) is 34.8 Å². The molecule has 3 amide bonds. The number of nitrogens with zero attached hydrogens (tertiary/aromatic N) is 1. The fourth-order valence-corrected chi connectivity index (χ4v) is 7.50. The maximum Gasteiger partial charge on any atom is 0.250 e. The molecule has 3 fully saturated rings. The molecule has 2 aromatic carbocycles. The van der Waals surface area contributed by atoms with Crippen molar-refractivity contribution < 1.29 is 29.0 Å². The molecule has 2 aromatic rings. The van der Waals surface area contributed by atoms with Crippen LogP contribution in [-0.4, -0.2) is 64.7 Å². The quantitative estimate of drug-likeness (QED) is 0.298. The third-order valence-corrected chi connectivity index (χ3v) is 9.49. The second-order valence-corrected chi connectivity index (χ2v) is 11.9. The van der Waals surface area contributed by atoms with Crippen molar-refractivity contribution in [3.63, 3.8) is 0 Å². The summed E-state index contributed by atoms with van der Waals surface area (Å²) >= 11 is 6.45. The van der Waals surface area contributed by atoms with Crippen LogP contribution in [-0.2, 0) is 19.1 Å². The lowest BCUT2D eigenvalue weighted by Crippen LogP contribution is -2.53. The van der Waals surface area contributed by atoms with Gasteiger partial charge in [-0.25, -0.2) is 0 Å². The maximum atomic E-state index is 14.3. The van der Waals surface area contributed by atoms with Gasteiger partial charge in [0.1, 0.15) is 17.4 Å². The number of amides is 3. The first-order valence-corrected chi connectivity index (χ1v) is 15.3. The lowest BCUT2D eigenvalue weighted by molar-refractivity contribution is -0.144. The molecule has 1 spiro atoms. The molecule has 5 rings (SSSR count). The van der Waals surface area contributed by atoms with Gasteiger partial charge >= 0.3 is 0 Å². The van der Waals surface area contributed by atoms with Crippen LogP contribution in [0.1, 0.15) is 57.9 Å². The minimum absolute atomic E-state index is 0.0616. The van der Waals surface area contributed by atoms with Crippen molar-refractivity contribution in [1.82, 2.24) is 4.90 Å². The predicted molar refractivity (Wildman–Crippen MR) is 161 cm³/mol. The van der Waals surface area contributed by atoms with E-state index in [1.807, 2.05) is 32.9 Å². The number of fused-ring (bicyclic) bond motifs is 1. The average Bonchev–Trinajstić information content (AvgIpc) is 3.58. The van der Waals surface area contributed by atoms with E-state index in [2.05, 4.69) is 10.6 Å². The Bertz CT molecular complexity index is 1320. The Morgan fingerprint density at radius 3 is 2.50 bits per heavy atom. The highest BCUT2D eigenvalue weighted by atomic mass is 35.5. The molecular formula is C32H40ClN3O6. The fraction of sp³-hybridized carbons (Fsp3) is 0.531. The number of ether oxygens (including phenoxy) is 2. The molecule has 0 radical (unpaired) electrons. The van der Waals surface area contributed by atoms with E-state index in [1.54, 1.807) is 35.2 Å². The van der Waals surface area contributed by atoms with Crippen LogP contribution in [0.25, 0.3) is 0 Å². The minimum Gasteiger partial charge on any atom is -0.494 e. The van der Waals surface area contributed by atoms with Crippen molar-refractivity contribution in [3.8, 4) is 5.75 Å². The Morgan fingerprint density at radius 1 is 1.07 bits per heavy atom. The molecule has 0 saturated carbocycles. The average molecular weight is 598 g/mol. The van der Waals surface area contributed by atoms with E-state index in [9.17, 15) is 19.5 Å². The van der Waals surface area contributed by atoms with Gasteiger partial charge in [-0.15, -0.1) is 0 Å². The molecule has 10 heteroatoms. The molecule has 42 heavy (non-hydrogen) atoms. The zero-order chi connectivity index (χ0) is 30.1. The fourth-order valence-electron chi connectivity index (χ4n) is 7.23. The Hall–Kier alpha value is -3.14. The van der Waals surface area contributed by atoms with Gasteiger partial charge in [0.25, 0.3) is 0 Å². The monoisotopic (exact) mass is 597 g/mol. The van der Waals surface area contributed by atoms with Crippen LogP contribution >= 0.6 is 11.6 Å². The summed E-state index contributed by atoms with van der Waals surface area (Å²) in [4.78, 5) is 44.0. The van der Waals surface area contributed by atoms with Crippen molar-refractivity contribution in [3.05, 3.63) is 53.1 Å². The number of hydrogen-bond acceptors (Lipinski definition) is 6. The molecule has 3 saturated heterocycles. The molecule has 2 bridgehead atoms. The van der Waals surface area contributed by atoms with E-state index >= 15 is 0 Å². The van der Waals surface area contributed by atoms with Gasteiger partial charge in [-0.2, -0.15) is 0 Å². The summed E-state index contributed by atoms with van der Waals surface area (Å²) < 4.78 is 12.3. The van der Waals surface area contributed by atoms with Crippen LogP contribution in [0.4, 0.5) is 11.4 Å².